The summed E-state index contributed by atoms with van der Waals surface area (Å²) in [6.45, 7) is 0. The van der Waals surface area contributed by atoms with Crippen molar-refractivity contribution in [2.75, 3.05) is 0 Å². The van der Waals surface area contributed by atoms with Crippen LogP contribution in [0.5, 0.6) is 0 Å². The lowest BCUT2D eigenvalue weighted by molar-refractivity contribution is 0.586. The van der Waals surface area contributed by atoms with E-state index in [9.17, 15) is 4.39 Å². The monoisotopic (exact) mass is 547 g/mol. The van der Waals surface area contributed by atoms with Gasteiger partial charge in [-0.15, -0.1) is 11.3 Å². The van der Waals surface area contributed by atoms with Crippen molar-refractivity contribution in [1.29, 1.82) is 0 Å². The molecule has 0 N–H and O–H groups in total. The van der Waals surface area contributed by atoms with Crippen molar-refractivity contribution < 1.29 is 4.39 Å². The molecular weight excluding hydrogens is 525 g/mol. The molecule has 0 aliphatic rings. The second-order valence-corrected chi connectivity index (χ2v) is 11.0. The highest BCUT2D eigenvalue weighted by Crippen LogP contribution is 2.44. The van der Waals surface area contributed by atoms with Gasteiger partial charge in [0, 0.05) is 49.1 Å². The minimum Gasteiger partial charge on any atom is -0.291 e. The van der Waals surface area contributed by atoms with Gasteiger partial charge in [0.25, 0.3) is 0 Å². The van der Waals surface area contributed by atoms with Crippen LogP contribution in [-0.4, -0.2) is 14.5 Å². The van der Waals surface area contributed by atoms with Gasteiger partial charge in [-0.2, -0.15) is 4.39 Å². The van der Waals surface area contributed by atoms with Crippen molar-refractivity contribution in [1.82, 2.24) is 14.5 Å². The molecule has 194 valence electrons. The molecule has 0 spiro atoms. The first-order valence-corrected chi connectivity index (χ1v) is 14.3. The van der Waals surface area contributed by atoms with Crippen molar-refractivity contribution in [3.63, 3.8) is 0 Å². The van der Waals surface area contributed by atoms with E-state index in [1.54, 1.807) is 17.5 Å². The minimum atomic E-state index is -0.470. The van der Waals surface area contributed by atoms with E-state index in [-0.39, 0.29) is 0 Å². The Hall–Kier alpha value is -5.13. The quantitative estimate of drug-likeness (QED) is 0.205. The Kier molecular flexibility index (Phi) is 5.50. The second kappa shape index (κ2) is 9.51. The summed E-state index contributed by atoms with van der Waals surface area (Å²) in [6, 6.07) is 43.6. The van der Waals surface area contributed by atoms with Gasteiger partial charge in [0.1, 0.15) is 5.82 Å². The molecule has 0 fully saturated rings. The molecular formula is C36H22FN3S. The standard InChI is InChI=1S/C36H22FN3S/c37-33-21-32-29(22-38-33)27-17-10-18-28(35(27)41-32)36-39-30-19-7-8-20-31(30)40(36)34-25(23-11-3-1-4-12-23)15-9-16-26(34)24-13-5-2-6-14-24/h1-22H. The van der Waals surface area contributed by atoms with Crippen molar-refractivity contribution in [2.24, 2.45) is 0 Å². The molecule has 0 amide bonds. The Bertz CT molecular complexity index is 2160. The minimum absolute atomic E-state index is 0.470. The lowest BCUT2D eigenvalue weighted by Gasteiger charge is -2.20. The number of fused-ring (bicyclic) bond motifs is 4. The molecule has 5 heteroatoms. The van der Waals surface area contributed by atoms with Gasteiger partial charge >= 0.3 is 0 Å². The van der Waals surface area contributed by atoms with Crippen molar-refractivity contribution in [3.05, 3.63) is 140 Å². The number of nitrogens with zero attached hydrogens (tertiary/aromatic N) is 3. The van der Waals surface area contributed by atoms with Crippen LogP contribution >= 0.6 is 11.3 Å². The van der Waals surface area contributed by atoms with Crippen LogP contribution < -0.4 is 0 Å². The lowest BCUT2D eigenvalue weighted by atomic mass is 9.95. The Morgan fingerprint density at radius 2 is 1.24 bits per heavy atom. The maximum absolute atomic E-state index is 14.1. The predicted molar refractivity (Wildman–Crippen MR) is 168 cm³/mol. The normalized spacial score (nSPS) is 11.5. The third-order valence-electron chi connectivity index (χ3n) is 7.58. The van der Waals surface area contributed by atoms with E-state index in [1.807, 2.05) is 18.2 Å². The molecule has 41 heavy (non-hydrogen) atoms. The Balaban J connectivity index is 1.52. The first-order chi connectivity index (χ1) is 20.3. The Morgan fingerprint density at radius 3 is 1.98 bits per heavy atom. The summed E-state index contributed by atoms with van der Waals surface area (Å²) in [4.78, 5) is 9.19. The summed E-state index contributed by atoms with van der Waals surface area (Å²) >= 11 is 1.58. The topological polar surface area (TPSA) is 30.7 Å². The number of hydrogen-bond acceptors (Lipinski definition) is 3. The van der Waals surface area contributed by atoms with Crippen LogP contribution in [0.2, 0.25) is 0 Å². The van der Waals surface area contributed by atoms with E-state index in [4.69, 9.17) is 4.98 Å². The van der Waals surface area contributed by atoms with E-state index >= 15 is 0 Å². The zero-order chi connectivity index (χ0) is 27.3. The molecule has 8 rings (SSSR count). The van der Waals surface area contributed by atoms with E-state index in [0.29, 0.717) is 0 Å². The van der Waals surface area contributed by atoms with Gasteiger partial charge in [-0.05, 0) is 29.3 Å². The highest BCUT2D eigenvalue weighted by molar-refractivity contribution is 7.26. The first-order valence-electron chi connectivity index (χ1n) is 13.4. The van der Waals surface area contributed by atoms with Crippen molar-refractivity contribution >= 4 is 42.5 Å². The number of imidazole rings is 1. The third kappa shape index (κ3) is 3.85. The van der Waals surface area contributed by atoms with Crippen LogP contribution in [0.3, 0.4) is 0 Å². The van der Waals surface area contributed by atoms with E-state index in [2.05, 4.69) is 113 Å². The zero-order valence-corrected chi connectivity index (χ0v) is 22.6. The molecule has 0 bridgehead atoms. The molecule has 5 aromatic carbocycles. The summed E-state index contributed by atoms with van der Waals surface area (Å²) in [6.07, 6.45) is 1.63. The Labute approximate surface area is 239 Å². The van der Waals surface area contributed by atoms with Gasteiger partial charge in [0.2, 0.25) is 5.95 Å². The van der Waals surface area contributed by atoms with Crippen LogP contribution in [-0.2, 0) is 0 Å². The number of aromatic nitrogens is 3. The number of thiophene rings is 1. The van der Waals surface area contributed by atoms with Gasteiger partial charge in [-0.3, -0.25) is 4.57 Å². The second-order valence-electron chi connectivity index (χ2n) is 9.98. The molecule has 0 saturated heterocycles. The SMILES string of the molecule is Fc1cc2sc3c(-c4nc5ccccc5n4-c4c(-c5ccccc5)cccc4-c4ccccc4)cccc3c2cn1. The average molecular weight is 548 g/mol. The van der Waals surface area contributed by atoms with E-state index in [0.717, 1.165) is 70.5 Å². The van der Waals surface area contributed by atoms with Gasteiger partial charge in [0.05, 0.1) is 16.7 Å². The largest absolute Gasteiger partial charge is 0.291 e. The highest BCUT2D eigenvalue weighted by atomic mass is 32.1. The van der Waals surface area contributed by atoms with Gasteiger partial charge < -0.3 is 0 Å². The molecule has 0 aliphatic heterocycles. The third-order valence-corrected chi connectivity index (χ3v) is 8.78. The number of hydrogen-bond donors (Lipinski definition) is 0. The van der Waals surface area contributed by atoms with Crippen molar-refractivity contribution in [2.45, 2.75) is 0 Å². The molecule has 0 saturated carbocycles. The van der Waals surface area contributed by atoms with E-state index in [1.165, 1.54) is 6.07 Å². The summed E-state index contributed by atoms with van der Waals surface area (Å²) in [7, 11) is 0. The van der Waals surface area contributed by atoms with Crippen LogP contribution in [0.25, 0.3) is 70.5 Å². The van der Waals surface area contributed by atoms with Crippen LogP contribution in [0.15, 0.2) is 134 Å². The number of benzene rings is 5. The number of halogens is 1. The molecule has 0 aliphatic carbocycles. The number of pyridine rings is 1. The number of rotatable bonds is 4. The molecule has 8 aromatic rings. The summed E-state index contributed by atoms with van der Waals surface area (Å²) < 4.78 is 18.3. The van der Waals surface area contributed by atoms with Gasteiger partial charge in [0.15, 0.2) is 0 Å². The molecule has 3 nitrogen and oxygen atoms in total. The highest BCUT2D eigenvalue weighted by Gasteiger charge is 2.23. The molecule has 3 heterocycles. The van der Waals surface area contributed by atoms with Crippen LogP contribution in [0.4, 0.5) is 4.39 Å². The molecule has 0 unspecified atom stereocenters. The molecule has 3 aromatic heterocycles. The smallest absolute Gasteiger partial charge is 0.214 e. The zero-order valence-electron chi connectivity index (χ0n) is 21.8. The number of para-hydroxylation sites is 3. The maximum atomic E-state index is 14.1. The molecule has 0 atom stereocenters. The Morgan fingerprint density at radius 1 is 0.610 bits per heavy atom. The average Bonchev–Trinajstić information content (AvgIpc) is 3.59. The predicted octanol–water partition coefficient (Wildman–Crippen LogP) is 9.93. The summed E-state index contributed by atoms with van der Waals surface area (Å²) in [5, 5.41) is 2.00. The fourth-order valence-corrected chi connectivity index (χ4v) is 6.97. The maximum Gasteiger partial charge on any atom is 0.214 e. The van der Waals surface area contributed by atoms with Crippen LogP contribution in [0, 0.1) is 5.95 Å². The van der Waals surface area contributed by atoms with Gasteiger partial charge in [-0.1, -0.05) is 103 Å². The van der Waals surface area contributed by atoms with Gasteiger partial charge in [-0.25, -0.2) is 9.97 Å². The summed E-state index contributed by atoms with van der Waals surface area (Å²) in [5.41, 5.74) is 8.50. The first kappa shape index (κ1) is 23.7. The fraction of sp³-hybridized carbons (Fsp3) is 0. The lowest BCUT2D eigenvalue weighted by Crippen LogP contribution is -2.03. The fourth-order valence-electron chi connectivity index (χ4n) is 5.76. The van der Waals surface area contributed by atoms with E-state index < -0.39 is 5.95 Å². The summed E-state index contributed by atoms with van der Waals surface area (Å²) in [5.74, 6) is 0.375. The molecule has 0 radical (unpaired) electrons. The van der Waals surface area contributed by atoms with Crippen LogP contribution in [0.1, 0.15) is 0 Å². The van der Waals surface area contributed by atoms with Crippen molar-refractivity contribution in [3.8, 4) is 39.3 Å².